The molecule has 0 aliphatic rings. The Morgan fingerprint density at radius 1 is 1.30 bits per heavy atom. The van der Waals surface area contributed by atoms with Gasteiger partial charge in [0.2, 0.25) is 0 Å². The van der Waals surface area contributed by atoms with Gasteiger partial charge >= 0.3 is 0 Å². The van der Waals surface area contributed by atoms with Crippen molar-refractivity contribution in [3.05, 3.63) is 0 Å². The second-order valence-corrected chi connectivity index (χ2v) is 1.87. The molecule has 0 aliphatic heterocycles. The fourth-order valence-electron chi connectivity index (χ4n) is 0.416. The van der Waals surface area contributed by atoms with Crippen LogP contribution in [0.15, 0.2) is 0 Å². The maximum absolute atomic E-state index is 9.76. The second kappa shape index (κ2) is 4.35. The van der Waals surface area contributed by atoms with Crippen LogP contribution >= 0.6 is 0 Å². The van der Waals surface area contributed by atoms with E-state index >= 15 is 0 Å². The molecular weight excluding hydrogens is 143 g/mol. The Kier molecular flexibility index (Phi) is 4.13. The Balaban J connectivity index is 3.80. The molecule has 60 valence electrons. The van der Waals surface area contributed by atoms with Crippen LogP contribution in [0.2, 0.25) is 0 Å². The minimum absolute atomic E-state index is 0.0869. The molecule has 0 radical (unpaired) electrons. The largest absolute Gasteiger partial charge is 0.394 e. The number of aliphatic hydroxyl groups is 4. The van der Waals surface area contributed by atoms with E-state index in [1.54, 1.807) is 0 Å². The molecule has 0 aliphatic carbocycles. The van der Waals surface area contributed by atoms with Gasteiger partial charge in [-0.1, -0.05) is 0 Å². The highest BCUT2D eigenvalue weighted by Crippen LogP contribution is 1.96. The minimum Gasteiger partial charge on any atom is -0.394 e. The lowest BCUT2D eigenvalue weighted by atomic mass is 10.5. The van der Waals surface area contributed by atoms with Crippen molar-refractivity contribution in [3.63, 3.8) is 0 Å². The molecule has 0 bridgehead atoms. The molecule has 0 rings (SSSR count). The van der Waals surface area contributed by atoms with Crippen LogP contribution in [0.25, 0.3) is 0 Å². The van der Waals surface area contributed by atoms with Crippen LogP contribution in [-0.4, -0.2) is 51.6 Å². The van der Waals surface area contributed by atoms with Gasteiger partial charge in [-0.3, -0.25) is 0 Å². The number of carbonyl (C=O) groups excluding carboxylic acids is 1. The van der Waals surface area contributed by atoms with Gasteiger partial charge in [0.25, 0.3) is 0 Å². The maximum Gasteiger partial charge on any atom is 0.151 e. The highest BCUT2D eigenvalue weighted by molar-refractivity contribution is 5.56. The Morgan fingerprint density at radius 2 is 1.80 bits per heavy atom. The van der Waals surface area contributed by atoms with Crippen molar-refractivity contribution in [2.75, 3.05) is 6.61 Å². The van der Waals surface area contributed by atoms with Crippen LogP contribution in [0, 0.1) is 0 Å². The van der Waals surface area contributed by atoms with Crippen LogP contribution in [0.3, 0.4) is 0 Å². The molecule has 0 heterocycles. The van der Waals surface area contributed by atoms with Crippen molar-refractivity contribution in [2.24, 2.45) is 0 Å². The van der Waals surface area contributed by atoms with E-state index in [2.05, 4.69) is 0 Å². The van der Waals surface area contributed by atoms with Gasteiger partial charge in [-0.2, -0.15) is 0 Å². The second-order valence-electron chi connectivity index (χ2n) is 1.87. The third-order valence-corrected chi connectivity index (χ3v) is 1.07. The average molecular weight is 153 g/mol. The zero-order valence-corrected chi connectivity index (χ0v) is 5.21. The molecule has 0 amide bonds. The first kappa shape index (κ1) is 9.51. The van der Waals surface area contributed by atoms with Crippen molar-refractivity contribution >= 4 is 6.29 Å². The summed E-state index contributed by atoms with van der Waals surface area (Å²) < 4.78 is 0. The van der Waals surface area contributed by atoms with Gasteiger partial charge in [-0.15, -0.1) is 0 Å². The van der Waals surface area contributed by atoms with Gasteiger partial charge in [0.15, 0.2) is 6.29 Å². The van der Waals surface area contributed by atoms with Crippen molar-refractivity contribution in [1.82, 2.24) is 0 Å². The standard InChI is InChI=1S/C5H10O5/c6-1-3(8)5(10)4(9)2-7/h1,3-5,7-10H,2H2/t3-,4+,5-/m0/s1/i2+1,4+1,5+1. The molecule has 0 saturated heterocycles. The average Bonchev–Trinajstić information content (AvgIpc) is 2.00. The molecule has 0 fully saturated rings. The van der Waals surface area contributed by atoms with E-state index in [1.807, 2.05) is 0 Å². The molecule has 0 aromatic heterocycles. The molecule has 0 saturated carbocycles. The monoisotopic (exact) mass is 153 g/mol. The lowest BCUT2D eigenvalue weighted by Gasteiger charge is -2.16. The quantitative estimate of drug-likeness (QED) is 0.259. The van der Waals surface area contributed by atoms with Crippen LogP contribution in [0.5, 0.6) is 0 Å². The number of rotatable bonds is 4. The Hall–Kier alpha value is -0.490. The molecule has 10 heavy (non-hydrogen) atoms. The van der Waals surface area contributed by atoms with Crippen LogP contribution in [0.4, 0.5) is 0 Å². The van der Waals surface area contributed by atoms with Gasteiger partial charge < -0.3 is 25.2 Å². The highest BCUT2D eigenvalue weighted by atomic mass is 16.5. The summed E-state index contributed by atoms with van der Waals surface area (Å²) in [4.78, 5) is 9.76. The van der Waals surface area contributed by atoms with Gasteiger partial charge in [0.1, 0.15) is 18.3 Å². The van der Waals surface area contributed by atoms with Crippen molar-refractivity contribution < 1.29 is 25.2 Å². The molecule has 5 nitrogen and oxygen atoms in total. The number of aliphatic hydroxyl groups excluding tert-OH is 4. The van der Waals surface area contributed by atoms with E-state index in [4.69, 9.17) is 20.4 Å². The summed E-state index contributed by atoms with van der Waals surface area (Å²) in [5, 5.41) is 34.1. The lowest BCUT2D eigenvalue weighted by molar-refractivity contribution is -0.127. The summed E-state index contributed by atoms with van der Waals surface area (Å²) in [6.07, 6.45) is -4.63. The SMILES string of the molecule is O=C[C@H](O)[13C@H](O)[13C@H](O)[13CH2]O. The molecule has 5 heteroatoms. The number of hydrogen-bond acceptors (Lipinski definition) is 5. The zero-order chi connectivity index (χ0) is 8.15. The first-order valence-electron chi connectivity index (χ1n) is 2.73. The van der Waals surface area contributed by atoms with Gasteiger partial charge in [0, 0.05) is 0 Å². The summed E-state index contributed by atoms with van der Waals surface area (Å²) in [5.41, 5.74) is 0. The van der Waals surface area contributed by atoms with Crippen molar-refractivity contribution in [3.8, 4) is 0 Å². The first-order chi connectivity index (χ1) is 4.63. The van der Waals surface area contributed by atoms with E-state index in [0.717, 1.165) is 0 Å². The highest BCUT2D eigenvalue weighted by Gasteiger charge is 2.22. The van der Waals surface area contributed by atoms with Crippen molar-refractivity contribution in [1.29, 1.82) is 0 Å². The Morgan fingerprint density at radius 3 is 2.10 bits per heavy atom. The molecule has 0 spiro atoms. The van der Waals surface area contributed by atoms with Crippen LogP contribution < -0.4 is 0 Å². The summed E-state index contributed by atoms with van der Waals surface area (Å²) in [7, 11) is 0. The third-order valence-electron chi connectivity index (χ3n) is 1.07. The molecule has 0 unspecified atom stereocenters. The third kappa shape index (κ3) is 2.40. The van der Waals surface area contributed by atoms with Crippen LogP contribution in [-0.2, 0) is 4.79 Å². The molecule has 3 atom stereocenters. The van der Waals surface area contributed by atoms with Gasteiger partial charge in [-0.05, 0) is 0 Å². The van der Waals surface area contributed by atoms with E-state index in [1.165, 1.54) is 0 Å². The summed E-state index contributed by atoms with van der Waals surface area (Å²) in [6.45, 7) is -0.688. The summed E-state index contributed by atoms with van der Waals surface area (Å²) in [5.74, 6) is 0. The van der Waals surface area contributed by atoms with E-state index in [-0.39, 0.29) is 6.29 Å². The lowest BCUT2D eigenvalue weighted by Crippen LogP contribution is -2.40. The van der Waals surface area contributed by atoms with E-state index in [0.29, 0.717) is 0 Å². The first-order valence-corrected chi connectivity index (χ1v) is 2.73. The minimum atomic E-state index is -1.64. The molecular formula is C5H10O5. The molecule has 0 aromatic rings. The molecule has 4 N–H and O–H groups in total. The van der Waals surface area contributed by atoms with Crippen LogP contribution in [0.1, 0.15) is 0 Å². The predicted octanol–water partition coefficient (Wildman–Crippen LogP) is -2.74. The van der Waals surface area contributed by atoms with Gasteiger partial charge in [0.05, 0.1) is 6.61 Å². The fourth-order valence-corrected chi connectivity index (χ4v) is 0.416. The molecule has 0 aromatic carbocycles. The zero-order valence-electron chi connectivity index (χ0n) is 5.21. The maximum atomic E-state index is 9.76. The smallest absolute Gasteiger partial charge is 0.151 e. The summed E-state index contributed by atoms with van der Waals surface area (Å²) in [6, 6.07) is 0. The van der Waals surface area contributed by atoms with Crippen molar-refractivity contribution in [2.45, 2.75) is 18.3 Å². The number of hydrogen-bond donors (Lipinski definition) is 4. The van der Waals surface area contributed by atoms with E-state index < -0.39 is 24.9 Å². The summed E-state index contributed by atoms with van der Waals surface area (Å²) >= 11 is 0. The fraction of sp³-hybridized carbons (Fsp3) is 0.800. The predicted molar refractivity (Wildman–Crippen MR) is 31.2 cm³/mol. The van der Waals surface area contributed by atoms with Gasteiger partial charge in [-0.25, -0.2) is 0 Å². The topological polar surface area (TPSA) is 98.0 Å². The number of carbonyl (C=O) groups is 1. The Labute approximate surface area is 57.5 Å². The van der Waals surface area contributed by atoms with E-state index in [9.17, 15) is 4.79 Å². The Bertz CT molecular complexity index is 104. The number of aldehydes is 1. The normalized spacial score (nSPS) is 19.6.